The van der Waals surface area contributed by atoms with Gasteiger partial charge in [0.1, 0.15) is 6.54 Å². The molecule has 27 heavy (non-hydrogen) atoms. The summed E-state index contributed by atoms with van der Waals surface area (Å²) in [5, 5.41) is 3.41. The van der Waals surface area contributed by atoms with Crippen LogP contribution >= 0.6 is 11.6 Å². The van der Waals surface area contributed by atoms with Crippen LogP contribution in [0.1, 0.15) is 31.2 Å². The molecule has 0 atom stereocenters. The van der Waals surface area contributed by atoms with Crippen molar-refractivity contribution >= 4 is 33.2 Å². The Morgan fingerprint density at radius 2 is 1.81 bits per heavy atom. The average molecular weight is 407 g/mol. The smallest absolute Gasteiger partial charge is 0.264 e. The number of sulfonamides is 1. The van der Waals surface area contributed by atoms with Crippen LogP contribution in [0.25, 0.3) is 0 Å². The molecule has 0 heterocycles. The lowest BCUT2D eigenvalue weighted by atomic mass is 10.2. The van der Waals surface area contributed by atoms with Gasteiger partial charge in [-0.3, -0.25) is 9.10 Å². The maximum Gasteiger partial charge on any atom is 0.264 e. The fraction of sp³-hybridized carbons (Fsp3) is 0.350. The van der Waals surface area contributed by atoms with Gasteiger partial charge in [0.15, 0.2) is 0 Å². The predicted molar refractivity (Wildman–Crippen MR) is 108 cm³/mol. The first kappa shape index (κ1) is 19.7. The monoisotopic (exact) mass is 406 g/mol. The van der Waals surface area contributed by atoms with E-state index >= 15 is 0 Å². The molecule has 1 N–H and O–H groups in total. The van der Waals surface area contributed by atoms with E-state index < -0.39 is 10.0 Å². The van der Waals surface area contributed by atoms with Crippen LogP contribution in [-0.2, 0) is 14.8 Å². The van der Waals surface area contributed by atoms with Crippen molar-refractivity contribution in [1.29, 1.82) is 0 Å². The Morgan fingerprint density at radius 3 is 2.44 bits per heavy atom. The maximum atomic E-state index is 13.2. The summed E-state index contributed by atoms with van der Waals surface area (Å²) in [6.45, 7) is 1.56. The third kappa shape index (κ3) is 4.62. The first-order valence-corrected chi connectivity index (χ1v) is 10.8. The Kier molecular flexibility index (Phi) is 6.07. The second-order valence-corrected chi connectivity index (χ2v) is 9.08. The van der Waals surface area contributed by atoms with E-state index in [0.717, 1.165) is 35.6 Å². The molecule has 144 valence electrons. The number of hydrogen-bond acceptors (Lipinski definition) is 3. The summed E-state index contributed by atoms with van der Waals surface area (Å²) >= 11 is 6.21. The van der Waals surface area contributed by atoms with E-state index in [1.165, 1.54) is 12.1 Å². The van der Waals surface area contributed by atoms with Crippen molar-refractivity contribution in [2.45, 2.75) is 43.5 Å². The van der Waals surface area contributed by atoms with E-state index in [1.54, 1.807) is 36.4 Å². The number of carbonyl (C=O) groups excluding carboxylic acids is 1. The molecular weight excluding hydrogens is 384 g/mol. The van der Waals surface area contributed by atoms with Gasteiger partial charge in [-0.25, -0.2) is 8.42 Å². The highest BCUT2D eigenvalue weighted by molar-refractivity contribution is 7.92. The summed E-state index contributed by atoms with van der Waals surface area (Å²) < 4.78 is 27.5. The van der Waals surface area contributed by atoms with Crippen molar-refractivity contribution in [3.63, 3.8) is 0 Å². The van der Waals surface area contributed by atoms with Crippen molar-refractivity contribution in [1.82, 2.24) is 5.32 Å². The van der Waals surface area contributed by atoms with Crippen LogP contribution in [0.4, 0.5) is 5.69 Å². The highest BCUT2D eigenvalue weighted by atomic mass is 35.5. The molecule has 1 aliphatic carbocycles. The van der Waals surface area contributed by atoms with Crippen molar-refractivity contribution in [2.75, 3.05) is 10.8 Å². The van der Waals surface area contributed by atoms with Gasteiger partial charge in [-0.1, -0.05) is 48.7 Å². The number of carbonyl (C=O) groups is 1. The highest BCUT2D eigenvalue weighted by Crippen LogP contribution is 2.28. The SMILES string of the molecule is Cc1ccc(N(CC(=O)NC2CCCC2)S(=O)(=O)c2ccccc2)cc1Cl. The van der Waals surface area contributed by atoms with Gasteiger partial charge >= 0.3 is 0 Å². The van der Waals surface area contributed by atoms with Crippen LogP contribution in [-0.4, -0.2) is 26.9 Å². The van der Waals surface area contributed by atoms with Crippen LogP contribution in [0.15, 0.2) is 53.4 Å². The Morgan fingerprint density at radius 1 is 1.15 bits per heavy atom. The number of anilines is 1. The Labute approximate surface area is 165 Å². The van der Waals surface area contributed by atoms with Gasteiger partial charge < -0.3 is 5.32 Å². The Balaban J connectivity index is 1.93. The summed E-state index contributed by atoms with van der Waals surface area (Å²) in [4.78, 5) is 12.7. The molecule has 0 radical (unpaired) electrons. The minimum absolute atomic E-state index is 0.125. The summed E-state index contributed by atoms with van der Waals surface area (Å²) in [6.07, 6.45) is 4.05. The number of aryl methyl sites for hydroxylation is 1. The Hall–Kier alpha value is -2.05. The molecule has 1 fully saturated rings. The molecule has 0 saturated heterocycles. The molecule has 5 nitrogen and oxygen atoms in total. The fourth-order valence-electron chi connectivity index (χ4n) is 3.25. The largest absolute Gasteiger partial charge is 0.352 e. The van der Waals surface area contributed by atoms with Crippen molar-refractivity contribution in [2.24, 2.45) is 0 Å². The summed E-state index contributed by atoms with van der Waals surface area (Å²) in [5.74, 6) is -0.307. The van der Waals surface area contributed by atoms with E-state index in [1.807, 2.05) is 6.92 Å². The Bertz CT molecular complexity index is 910. The minimum Gasteiger partial charge on any atom is -0.352 e. The third-order valence-electron chi connectivity index (χ3n) is 4.78. The van der Waals surface area contributed by atoms with Crippen LogP contribution in [0.5, 0.6) is 0 Å². The van der Waals surface area contributed by atoms with Crippen LogP contribution in [0.3, 0.4) is 0 Å². The number of rotatable bonds is 6. The molecule has 7 heteroatoms. The average Bonchev–Trinajstić information content (AvgIpc) is 3.15. The van der Waals surface area contributed by atoms with Gasteiger partial charge in [0.2, 0.25) is 5.91 Å². The van der Waals surface area contributed by atoms with Gasteiger partial charge in [-0.15, -0.1) is 0 Å². The summed E-state index contributed by atoms with van der Waals surface area (Å²) in [7, 11) is -3.90. The number of halogens is 1. The molecule has 0 aromatic heterocycles. The van der Waals surface area contributed by atoms with E-state index in [9.17, 15) is 13.2 Å². The molecule has 0 unspecified atom stereocenters. The zero-order valence-corrected chi connectivity index (χ0v) is 16.8. The molecular formula is C20H23ClN2O3S. The number of nitrogens with one attached hydrogen (secondary N) is 1. The van der Waals surface area contributed by atoms with E-state index in [0.29, 0.717) is 10.7 Å². The number of amides is 1. The molecule has 1 amide bonds. The van der Waals surface area contributed by atoms with Crippen molar-refractivity contribution < 1.29 is 13.2 Å². The quantitative estimate of drug-likeness (QED) is 0.791. The standard InChI is InChI=1S/C20H23ClN2O3S/c1-15-11-12-17(13-19(15)21)23(14-20(24)22-16-7-5-6-8-16)27(25,26)18-9-3-2-4-10-18/h2-4,9-13,16H,5-8,14H2,1H3,(H,22,24). The van der Waals surface area contributed by atoms with Gasteiger partial charge in [0.25, 0.3) is 10.0 Å². The third-order valence-corrected chi connectivity index (χ3v) is 6.98. The first-order chi connectivity index (χ1) is 12.9. The predicted octanol–water partition coefficient (Wildman–Crippen LogP) is 3.90. The summed E-state index contributed by atoms with van der Waals surface area (Å²) in [5.41, 5.74) is 1.21. The zero-order valence-electron chi connectivity index (χ0n) is 15.2. The molecule has 2 aromatic carbocycles. The van der Waals surface area contributed by atoms with Gasteiger partial charge in [0.05, 0.1) is 10.6 Å². The van der Waals surface area contributed by atoms with Gasteiger partial charge in [0, 0.05) is 11.1 Å². The number of benzene rings is 2. The minimum atomic E-state index is -3.90. The van der Waals surface area contributed by atoms with E-state index in [-0.39, 0.29) is 23.4 Å². The maximum absolute atomic E-state index is 13.2. The number of nitrogens with zero attached hydrogens (tertiary/aromatic N) is 1. The van der Waals surface area contributed by atoms with E-state index in [2.05, 4.69) is 5.32 Å². The van der Waals surface area contributed by atoms with E-state index in [4.69, 9.17) is 11.6 Å². The second kappa shape index (κ2) is 8.31. The molecule has 0 spiro atoms. The molecule has 3 rings (SSSR count). The molecule has 1 saturated carbocycles. The topological polar surface area (TPSA) is 66.5 Å². The normalized spacial score (nSPS) is 14.9. The molecule has 2 aromatic rings. The van der Waals surface area contributed by atoms with Crippen LogP contribution < -0.4 is 9.62 Å². The lowest BCUT2D eigenvalue weighted by Gasteiger charge is -2.25. The van der Waals surface area contributed by atoms with Crippen molar-refractivity contribution in [3.8, 4) is 0 Å². The number of hydrogen-bond donors (Lipinski definition) is 1. The lowest BCUT2D eigenvalue weighted by Crippen LogP contribution is -2.43. The highest BCUT2D eigenvalue weighted by Gasteiger charge is 2.28. The fourth-order valence-corrected chi connectivity index (χ4v) is 4.85. The molecule has 0 aliphatic heterocycles. The van der Waals surface area contributed by atoms with Gasteiger partial charge in [-0.2, -0.15) is 0 Å². The first-order valence-electron chi connectivity index (χ1n) is 9.01. The zero-order chi connectivity index (χ0) is 19.4. The van der Waals surface area contributed by atoms with Crippen molar-refractivity contribution in [3.05, 3.63) is 59.1 Å². The molecule has 0 bridgehead atoms. The lowest BCUT2D eigenvalue weighted by molar-refractivity contribution is -0.120. The summed E-state index contributed by atoms with van der Waals surface area (Å²) in [6, 6.07) is 13.2. The van der Waals surface area contributed by atoms with Gasteiger partial charge in [-0.05, 0) is 49.6 Å². The second-order valence-electron chi connectivity index (χ2n) is 6.81. The molecule has 1 aliphatic rings. The van der Waals surface area contributed by atoms with Crippen LogP contribution in [0.2, 0.25) is 5.02 Å². The van der Waals surface area contributed by atoms with Crippen LogP contribution in [0, 0.1) is 6.92 Å².